The molecule has 33 heavy (non-hydrogen) atoms. The van der Waals surface area contributed by atoms with E-state index in [2.05, 4.69) is 22.8 Å². The van der Waals surface area contributed by atoms with Crippen LogP contribution in [0.3, 0.4) is 0 Å². The summed E-state index contributed by atoms with van der Waals surface area (Å²) in [6, 6.07) is 20.6. The molecule has 1 amide bonds. The highest BCUT2D eigenvalue weighted by molar-refractivity contribution is 6.54. The zero-order valence-corrected chi connectivity index (χ0v) is 19.0. The summed E-state index contributed by atoms with van der Waals surface area (Å²) in [5.74, 6) is -0.279. The van der Waals surface area contributed by atoms with Crippen molar-refractivity contribution >= 4 is 28.7 Å². The van der Waals surface area contributed by atoms with Crippen molar-refractivity contribution in [1.82, 2.24) is 4.90 Å². The number of para-hydroxylation sites is 1. The summed E-state index contributed by atoms with van der Waals surface area (Å²) in [5.41, 5.74) is 6.39. The van der Waals surface area contributed by atoms with Gasteiger partial charge in [-0.15, -0.1) is 0 Å². The van der Waals surface area contributed by atoms with E-state index < -0.39 is 0 Å². The third-order valence-corrected chi connectivity index (χ3v) is 6.39. The summed E-state index contributed by atoms with van der Waals surface area (Å²) < 4.78 is 13.2. The van der Waals surface area contributed by atoms with Crippen LogP contribution in [-0.2, 0) is 4.79 Å². The number of aryl methyl sites for hydroxylation is 2. The second-order valence-corrected chi connectivity index (χ2v) is 8.72. The molecule has 2 aliphatic rings. The second kappa shape index (κ2) is 8.79. The molecule has 0 atom stereocenters. The number of aliphatic imine (C=N–C) groups is 1. The molecule has 5 nitrogen and oxygen atoms in total. The molecule has 0 unspecified atom stereocenters. The van der Waals surface area contributed by atoms with Crippen LogP contribution in [0.2, 0.25) is 0 Å². The van der Waals surface area contributed by atoms with Crippen molar-refractivity contribution in [1.29, 1.82) is 0 Å². The van der Waals surface area contributed by atoms with Gasteiger partial charge in [-0.2, -0.15) is 0 Å². The van der Waals surface area contributed by atoms with Crippen molar-refractivity contribution < 1.29 is 9.18 Å². The molecule has 3 aromatic rings. The molecule has 0 radical (unpaired) electrons. The van der Waals surface area contributed by atoms with Crippen molar-refractivity contribution in [3.8, 4) is 0 Å². The Morgan fingerprint density at radius 3 is 2.36 bits per heavy atom. The fourth-order valence-corrected chi connectivity index (χ4v) is 4.56. The zero-order valence-electron chi connectivity index (χ0n) is 19.0. The Morgan fingerprint density at radius 2 is 1.64 bits per heavy atom. The summed E-state index contributed by atoms with van der Waals surface area (Å²) in [6.45, 7) is 7.92. The minimum atomic E-state index is -0.220. The first-order chi connectivity index (χ1) is 16.0. The Hall–Kier alpha value is -3.51. The molecule has 2 aliphatic heterocycles. The minimum Gasteiger partial charge on any atom is -0.369 e. The van der Waals surface area contributed by atoms with Gasteiger partial charge in [0.25, 0.3) is 5.91 Å². The van der Waals surface area contributed by atoms with Crippen LogP contribution >= 0.6 is 0 Å². The lowest BCUT2D eigenvalue weighted by molar-refractivity contribution is -0.112. The number of amides is 1. The molecule has 2 heterocycles. The lowest BCUT2D eigenvalue weighted by atomic mass is 10.1. The van der Waals surface area contributed by atoms with Crippen LogP contribution in [0.4, 0.5) is 21.5 Å². The number of halogens is 1. The van der Waals surface area contributed by atoms with Crippen molar-refractivity contribution in [2.45, 2.75) is 13.8 Å². The molecule has 0 bridgehead atoms. The van der Waals surface area contributed by atoms with Crippen molar-refractivity contribution in [3.63, 3.8) is 0 Å². The summed E-state index contributed by atoms with van der Waals surface area (Å²) in [7, 11) is 0. The number of rotatable bonds is 4. The van der Waals surface area contributed by atoms with Crippen molar-refractivity contribution in [2.24, 2.45) is 4.99 Å². The van der Waals surface area contributed by atoms with Crippen molar-refractivity contribution in [3.05, 3.63) is 89.2 Å². The quantitative estimate of drug-likeness (QED) is 0.589. The van der Waals surface area contributed by atoms with E-state index in [1.165, 1.54) is 17.7 Å². The van der Waals surface area contributed by atoms with Gasteiger partial charge in [0, 0.05) is 37.4 Å². The highest BCUT2D eigenvalue weighted by Crippen LogP contribution is 2.32. The molecule has 0 aliphatic carbocycles. The van der Waals surface area contributed by atoms with Gasteiger partial charge in [-0.25, -0.2) is 9.38 Å². The van der Waals surface area contributed by atoms with Crippen LogP contribution in [0.5, 0.6) is 0 Å². The standard InChI is InChI=1S/C27H27FN4O/c1-19-7-12-24(20(2)17-19)29-26-23-5-3-4-6-25(23)32(27(26)33)18-30-13-15-31(16-14-30)22-10-8-21(28)9-11-22/h3-12,17H,13-16,18H2,1-2H3. The average molecular weight is 443 g/mol. The van der Waals surface area contributed by atoms with Gasteiger partial charge in [0.2, 0.25) is 0 Å². The van der Waals surface area contributed by atoms with Crippen LogP contribution in [0.1, 0.15) is 16.7 Å². The molecule has 6 heteroatoms. The number of hydrogen-bond acceptors (Lipinski definition) is 4. The summed E-state index contributed by atoms with van der Waals surface area (Å²) >= 11 is 0. The van der Waals surface area contributed by atoms with E-state index in [4.69, 9.17) is 4.99 Å². The Bertz CT molecular complexity index is 1210. The van der Waals surface area contributed by atoms with E-state index in [9.17, 15) is 9.18 Å². The van der Waals surface area contributed by atoms with Gasteiger partial charge in [-0.3, -0.25) is 14.6 Å². The summed E-state index contributed by atoms with van der Waals surface area (Å²) in [4.78, 5) is 24.6. The van der Waals surface area contributed by atoms with Crippen LogP contribution < -0.4 is 9.80 Å². The van der Waals surface area contributed by atoms with Gasteiger partial charge in [0.15, 0.2) is 0 Å². The summed E-state index contributed by atoms with van der Waals surface area (Å²) in [5, 5.41) is 0. The first kappa shape index (κ1) is 21.3. The topological polar surface area (TPSA) is 39.2 Å². The van der Waals surface area contributed by atoms with Crippen LogP contribution in [0.25, 0.3) is 0 Å². The number of fused-ring (bicyclic) bond motifs is 1. The fraction of sp³-hybridized carbons (Fsp3) is 0.259. The number of hydrogen-bond donors (Lipinski definition) is 0. The number of benzene rings is 3. The monoisotopic (exact) mass is 442 g/mol. The van der Waals surface area contributed by atoms with E-state index in [-0.39, 0.29) is 11.7 Å². The number of piperazine rings is 1. The number of carbonyl (C=O) groups is 1. The fourth-order valence-electron chi connectivity index (χ4n) is 4.56. The first-order valence-corrected chi connectivity index (χ1v) is 11.3. The number of nitrogens with zero attached hydrogens (tertiary/aromatic N) is 4. The SMILES string of the molecule is Cc1ccc(N=C2C(=O)N(CN3CCN(c4ccc(F)cc4)CC3)c3ccccc32)c(C)c1. The molecule has 0 N–H and O–H groups in total. The van der Waals surface area contributed by atoms with E-state index in [0.29, 0.717) is 12.4 Å². The molecule has 1 saturated heterocycles. The molecule has 5 rings (SSSR count). The minimum absolute atomic E-state index is 0.0582. The molecule has 0 saturated carbocycles. The molecular formula is C27H27FN4O. The van der Waals surface area contributed by atoms with Gasteiger partial charge in [-0.1, -0.05) is 35.9 Å². The van der Waals surface area contributed by atoms with Crippen LogP contribution in [0.15, 0.2) is 71.7 Å². The van der Waals surface area contributed by atoms with Crippen molar-refractivity contribution in [2.75, 3.05) is 42.6 Å². The largest absolute Gasteiger partial charge is 0.369 e. The molecular weight excluding hydrogens is 415 g/mol. The Kier molecular flexibility index (Phi) is 5.68. The van der Waals surface area contributed by atoms with Gasteiger partial charge < -0.3 is 4.90 Å². The first-order valence-electron chi connectivity index (χ1n) is 11.3. The Labute approximate surface area is 193 Å². The molecule has 168 valence electrons. The predicted molar refractivity (Wildman–Crippen MR) is 131 cm³/mol. The van der Waals surface area contributed by atoms with E-state index in [1.54, 1.807) is 0 Å². The summed E-state index contributed by atoms with van der Waals surface area (Å²) in [6.07, 6.45) is 0. The van der Waals surface area contributed by atoms with Crippen LogP contribution in [0, 0.1) is 19.7 Å². The van der Waals surface area contributed by atoms with Gasteiger partial charge in [0.1, 0.15) is 11.5 Å². The van der Waals surface area contributed by atoms with Gasteiger partial charge in [0.05, 0.1) is 18.0 Å². The molecule has 0 spiro atoms. The zero-order chi connectivity index (χ0) is 22.9. The Morgan fingerprint density at radius 1 is 0.909 bits per heavy atom. The number of carbonyl (C=O) groups excluding carboxylic acids is 1. The maximum Gasteiger partial charge on any atom is 0.278 e. The third kappa shape index (κ3) is 4.26. The predicted octanol–water partition coefficient (Wildman–Crippen LogP) is 4.69. The molecule has 3 aromatic carbocycles. The lowest BCUT2D eigenvalue weighted by Gasteiger charge is -2.37. The number of anilines is 2. The van der Waals surface area contributed by atoms with Gasteiger partial charge >= 0.3 is 0 Å². The Balaban J connectivity index is 1.34. The lowest BCUT2D eigenvalue weighted by Crippen LogP contribution is -2.51. The highest BCUT2D eigenvalue weighted by atomic mass is 19.1. The average Bonchev–Trinajstić information content (AvgIpc) is 3.08. The maximum absolute atomic E-state index is 13.5. The smallest absolute Gasteiger partial charge is 0.278 e. The van der Waals surface area contributed by atoms with E-state index >= 15 is 0 Å². The maximum atomic E-state index is 13.5. The van der Waals surface area contributed by atoms with E-state index in [0.717, 1.165) is 54.4 Å². The van der Waals surface area contributed by atoms with Gasteiger partial charge in [-0.05, 0) is 55.8 Å². The third-order valence-electron chi connectivity index (χ3n) is 6.39. The molecule has 1 fully saturated rings. The van der Waals surface area contributed by atoms with Crippen LogP contribution in [-0.4, -0.2) is 49.4 Å². The molecule has 0 aromatic heterocycles. The second-order valence-electron chi connectivity index (χ2n) is 8.72. The normalized spacial score (nSPS) is 17.7. The highest BCUT2D eigenvalue weighted by Gasteiger charge is 2.35. The van der Waals surface area contributed by atoms with E-state index in [1.807, 2.05) is 60.4 Å².